The molecule has 0 spiro atoms. The Morgan fingerprint density at radius 3 is 2.34 bits per heavy atom. The van der Waals surface area contributed by atoms with Crippen molar-refractivity contribution in [2.24, 2.45) is 17.3 Å². The van der Waals surface area contributed by atoms with Crippen molar-refractivity contribution in [3.63, 3.8) is 0 Å². The molecule has 3 aliphatic rings. The van der Waals surface area contributed by atoms with E-state index in [9.17, 15) is 5.11 Å². The molecule has 2 fully saturated rings. The monoisotopic (exact) mass is 468 g/mol. The summed E-state index contributed by atoms with van der Waals surface area (Å²) in [5, 5.41) is 11.4. The van der Waals surface area contributed by atoms with E-state index in [-0.39, 0.29) is 17.6 Å². The van der Waals surface area contributed by atoms with Gasteiger partial charge in [-0.2, -0.15) is 0 Å². The van der Waals surface area contributed by atoms with Crippen LogP contribution in [0.1, 0.15) is 60.8 Å². The first kappa shape index (κ1) is 22.8. The second-order valence-corrected chi connectivity index (χ2v) is 11.1. The van der Waals surface area contributed by atoms with Gasteiger partial charge < -0.3 is 14.6 Å². The summed E-state index contributed by atoms with van der Waals surface area (Å²) in [6.07, 6.45) is 5.02. The van der Waals surface area contributed by atoms with Crippen molar-refractivity contribution in [1.29, 1.82) is 0 Å². The molecule has 3 nitrogen and oxygen atoms in total. The quantitative estimate of drug-likeness (QED) is 0.439. The zero-order valence-corrected chi connectivity index (χ0v) is 20.6. The van der Waals surface area contributed by atoms with Crippen molar-refractivity contribution in [3.05, 3.63) is 101 Å². The average Bonchev–Trinajstić information content (AvgIpc) is 3.17. The standard InChI is InChI=1S/C32H36O3/c1-32-17-16-27-26-15-13-25(34-20-22-8-4-2-5-9-22)18-24(26)12-14-28(27)29(32)19-30(31(32)33)35-21-23-10-6-3-7-11-23/h2-11,13,15,18,27-31,33H,12,14,16-17,19-21H2,1H3/t27-,28-,29+,30+,31-,32+/m1/s1. The fourth-order valence-electron chi connectivity index (χ4n) is 7.29. The lowest BCUT2D eigenvalue weighted by atomic mass is 9.55. The van der Waals surface area contributed by atoms with E-state index >= 15 is 0 Å². The van der Waals surface area contributed by atoms with Gasteiger partial charge in [-0.3, -0.25) is 0 Å². The highest BCUT2D eigenvalue weighted by atomic mass is 16.5. The Bertz CT molecular complexity index is 1140. The third-order valence-electron chi connectivity index (χ3n) is 9.20. The van der Waals surface area contributed by atoms with Gasteiger partial charge in [0.25, 0.3) is 0 Å². The molecule has 6 atom stereocenters. The van der Waals surface area contributed by atoms with Gasteiger partial charge in [-0.25, -0.2) is 0 Å². The summed E-state index contributed by atoms with van der Waals surface area (Å²) < 4.78 is 12.4. The number of hydrogen-bond donors (Lipinski definition) is 1. The molecule has 0 heterocycles. The summed E-state index contributed by atoms with van der Waals surface area (Å²) in [4.78, 5) is 0. The molecule has 3 aliphatic carbocycles. The molecule has 3 aromatic rings. The highest BCUT2D eigenvalue weighted by molar-refractivity contribution is 5.41. The summed E-state index contributed by atoms with van der Waals surface area (Å²) in [5.74, 6) is 2.69. The number of aliphatic hydroxyl groups excluding tert-OH is 1. The molecular formula is C32H36O3. The normalized spacial score (nSPS) is 31.3. The minimum atomic E-state index is -0.382. The number of ether oxygens (including phenoxy) is 2. The smallest absolute Gasteiger partial charge is 0.120 e. The summed E-state index contributed by atoms with van der Waals surface area (Å²) in [6.45, 7) is 3.50. The van der Waals surface area contributed by atoms with Crippen molar-refractivity contribution in [2.45, 2.75) is 70.4 Å². The molecular weight excluding hydrogens is 432 g/mol. The molecule has 0 unspecified atom stereocenters. The maximum Gasteiger partial charge on any atom is 0.120 e. The molecule has 0 aliphatic heterocycles. The van der Waals surface area contributed by atoms with Crippen LogP contribution in [0.3, 0.4) is 0 Å². The third-order valence-corrected chi connectivity index (χ3v) is 9.20. The Hall–Kier alpha value is -2.62. The summed E-state index contributed by atoms with van der Waals surface area (Å²) in [5.41, 5.74) is 5.29. The van der Waals surface area contributed by atoms with Crippen molar-refractivity contribution < 1.29 is 14.6 Å². The Kier molecular flexibility index (Phi) is 6.16. The van der Waals surface area contributed by atoms with Crippen LogP contribution in [0.4, 0.5) is 0 Å². The van der Waals surface area contributed by atoms with Gasteiger partial charge in [-0.15, -0.1) is 0 Å². The van der Waals surface area contributed by atoms with Gasteiger partial charge in [0.2, 0.25) is 0 Å². The number of aliphatic hydroxyl groups is 1. The lowest BCUT2D eigenvalue weighted by Crippen LogP contribution is -2.45. The Morgan fingerprint density at radius 2 is 1.60 bits per heavy atom. The minimum absolute atomic E-state index is 0.0429. The van der Waals surface area contributed by atoms with E-state index in [1.807, 2.05) is 24.3 Å². The molecule has 2 saturated carbocycles. The van der Waals surface area contributed by atoms with Crippen LogP contribution in [0, 0.1) is 17.3 Å². The lowest BCUT2D eigenvalue weighted by Gasteiger charge is -2.49. The fraction of sp³-hybridized carbons (Fsp3) is 0.438. The van der Waals surface area contributed by atoms with E-state index in [2.05, 4.69) is 61.5 Å². The molecule has 3 heteroatoms. The second-order valence-electron chi connectivity index (χ2n) is 11.1. The van der Waals surface area contributed by atoms with Crippen LogP contribution in [0.25, 0.3) is 0 Å². The summed E-state index contributed by atoms with van der Waals surface area (Å²) in [6, 6.07) is 27.4. The van der Waals surface area contributed by atoms with E-state index in [1.165, 1.54) is 28.7 Å². The number of fused-ring (bicyclic) bond motifs is 5. The molecule has 0 aromatic heterocycles. The first-order valence-electron chi connectivity index (χ1n) is 13.2. The average molecular weight is 469 g/mol. The molecule has 3 aromatic carbocycles. The van der Waals surface area contributed by atoms with E-state index < -0.39 is 0 Å². The van der Waals surface area contributed by atoms with Crippen LogP contribution in [-0.2, 0) is 24.4 Å². The largest absolute Gasteiger partial charge is 0.489 e. The zero-order valence-electron chi connectivity index (χ0n) is 20.6. The Balaban J connectivity index is 1.15. The molecule has 182 valence electrons. The number of hydrogen-bond acceptors (Lipinski definition) is 3. The van der Waals surface area contributed by atoms with E-state index in [0.717, 1.165) is 31.4 Å². The number of benzene rings is 3. The van der Waals surface area contributed by atoms with Gasteiger partial charge in [-0.05, 0) is 89.7 Å². The topological polar surface area (TPSA) is 38.7 Å². The van der Waals surface area contributed by atoms with Crippen LogP contribution >= 0.6 is 0 Å². The molecule has 0 radical (unpaired) electrons. The predicted octanol–water partition coefficient (Wildman–Crippen LogP) is 6.68. The van der Waals surface area contributed by atoms with Gasteiger partial charge in [0.05, 0.1) is 18.8 Å². The maximum absolute atomic E-state index is 11.4. The fourth-order valence-corrected chi connectivity index (χ4v) is 7.29. The predicted molar refractivity (Wildman–Crippen MR) is 138 cm³/mol. The molecule has 0 amide bonds. The SMILES string of the molecule is C[C@]12CC[C@@H]3c4ccc(OCc5ccccc5)cc4CC[C@H]3[C@@H]1C[C@H](OCc1ccccc1)[C@H]2O. The Labute approximate surface area is 209 Å². The van der Waals surface area contributed by atoms with Crippen LogP contribution in [0.15, 0.2) is 78.9 Å². The lowest BCUT2D eigenvalue weighted by molar-refractivity contribution is -0.0764. The van der Waals surface area contributed by atoms with Crippen LogP contribution < -0.4 is 4.74 Å². The van der Waals surface area contributed by atoms with Gasteiger partial charge in [-0.1, -0.05) is 73.7 Å². The van der Waals surface area contributed by atoms with Gasteiger partial charge in [0.1, 0.15) is 12.4 Å². The van der Waals surface area contributed by atoms with Crippen molar-refractivity contribution in [3.8, 4) is 5.75 Å². The number of rotatable bonds is 6. The van der Waals surface area contributed by atoms with Crippen LogP contribution in [0.2, 0.25) is 0 Å². The third kappa shape index (κ3) is 4.30. The maximum atomic E-state index is 11.4. The van der Waals surface area contributed by atoms with Crippen molar-refractivity contribution in [2.75, 3.05) is 0 Å². The zero-order chi connectivity index (χ0) is 23.8. The van der Waals surface area contributed by atoms with Crippen molar-refractivity contribution in [1.82, 2.24) is 0 Å². The second kappa shape index (κ2) is 9.44. The van der Waals surface area contributed by atoms with Crippen molar-refractivity contribution >= 4 is 0 Å². The highest BCUT2D eigenvalue weighted by Gasteiger charge is 2.58. The van der Waals surface area contributed by atoms with Gasteiger partial charge in [0, 0.05) is 0 Å². The summed E-state index contributed by atoms with van der Waals surface area (Å²) in [7, 11) is 0. The molecule has 35 heavy (non-hydrogen) atoms. The minimum Gasteiger partial charge on any atom is -0.489 e. The van der Waals surface area contributed by atoms with E-state index in [0.29, 0.717) is 31.0 Å². The van der Waals surface area contributed by atoms with Gasteiger partial charge in [0.15, 0.2) is 0 Å². The molecule has 1 N–H and O–H groups in total. The van der Waals surface area contributed by atoms with E-state index in [4.69, 9.17) is 9.47 Å². The highest BCUT2D eigenvalue weighted by Crippen LogP contribution is 2.61. The first-order chi connectivity index (χ1) is 17.1. The van der Waals surface area contributed by atoms with Crippen LogP contribution in [0.5, 0.6) is 5.75 Å². The summed E-state index contributed by atoms with van der Waals surface area (Å²) >= 11 is 0. The van der Waals surface area contributed by atoms with E-state index in [1.54, 1.807) is 0 Å². The molecule has 0 bridgehead atoms. The molecule has 6 rings (SSSR count). The molecule has 0 saturated heterocycles. The number of aryl methyl sites for hydroxylation is 1. The Morgan fingerprint density at radius 1 is 0.886 bits per heavy atom. The van der Waals surface area contributed by atoms with Crippen LogP contribution in [-0.4, -0.2) is 17.3 Å². The first-order valence-corrected chi connectivity index (χ1v) is 13.2. The van der Waals surface area contributed by atoms with Gasteiger partial charge >= 0.3 is 0 Å².